The van der Waals surface area contributed by atoms with Crippen molar-refractivity contribution in [3.8, 4) is 0 Å². The third-order valence-corrected chi connectivity index (χ3v) is 11.2. The molecule has 3 unspecified atom stereocenters. The average molecular weight is 385 g/mol. The van der Waals surface area contributed by atoms with Gasteiger partial charge in [0.15, 0.2) is 0 Å². The lowest BCUT2D eigenvalue weighted by atomic mass is 9.44. The number of aliphatic hydroxyl groups excluding tert-OH is 2. The van der Waals surface area contributed by atoms with Crippen molar-refractivity contribution in [1.29, 1.82) is 0 Å². The van der Waals surface area contributed by atoms with Crippen molar-refractivity contribution >= 4 is 22.5 Å². The van der Waals surface area contributed by atoms with Crippen LogP contribution >= 0.6 is 22.5 Å². The van der Waals surface area contributed by atoms with Crippen LogP contribution in [0.5, 0.6) is 0 Å². The number of hydrogen-bond donors (Lipinski definition) is 3. The van der Waals surface area contributed by atoms with Crippen LogP contribution in [-0.4, -0.2) is 27.7 Å². The van der Waals surface area contributed by atoms with Crippen molar-refractivity contribution < 1.29 is 10.2 Å². The Morgan fingerprint density at radius 2 is 1.80 bits per heavy atom. The Morgan fingerprint density at radius 3 is 2.48 bits per heavy atom. The summed E-state index contributed by atoms with van der Waals surface area (Å²) in [6.07, 6.45) is 9.38. The molecule has 0 aromatic carbocycles. The zero-order valence-electron chi connectivity index (χ0n) is 16.0. The molecule has 4 aliphatic rings. The highest BCUT2D eigenvalue weighted by Gasteiger charge is 2.62. The highest BCUT2D eigenvalue weighted by atomic mass is 33.1. The number of hydrogen-bond acceptors (Lipinski definition) is 4. The fraction of sp³-hybridized carbons (Fsp3) is 1.00. The van der Waals surface area contributed by atoms with Crippen LogP contribution in [0.3, 0.4) is 0 Å². The molecule has 2 N–H and O–H groups in total. The van der Waals surface area contributed by atoms with E-state index in [0.29, 0.717) is 27.9 Å². The molecule has 4 aliphatic carbocycles. The van der Waals surface area contributed by atoms with Gasteiger partial charge in [0.25, 0.3) is 0 Å². The molecular formula is C21H36O2S2. The third kappa shape index (κ3) is 2.68. The molecule has 10 atom stereocenters. The lowest BCUT2D eigenvalue weighted by molar-refractivity contribution is -0.128. The Balaban J connectivity index is 1.64. The maximum atomic E-state index is 10.4. The number of rotatable bonds is 2. The number of aliphatic hydroxyl groups is 2. The van der Waals surface area contributed by atoms with Crippen molar-refractivity contribution in [3.05, 3.63) is 0 Å². The van der Waals surface area contributed by atoms with E-state index < -0.39 is 0 Å². The smallest absolute Gasteiger partial charge is 0.0554 e. The Kier molecular flexibility index (Phi) is 5.01. The average Bonchev–Trinajstić information content (AvgIpc) is 2.92. The van der Waals surface area contributed by atoms with E-state index in [1.165, 1.54) is 38.5 Å². The summed E-state index contributed by atoms with van der Waals surface area (Å²) in [4.78, 5) is 0. The maximum Gasteiger partial charge on any atom is 0.0554 e. The molecule has 0 radical (unpaired) electrons. The van der Waals surface area contributed by atoms with Crippen LogP contribution in [0.4, 0.5) is 0 Å². The van der Waals surface area contributed by atoms with Gasteiger partial charge < -0.3 is 10.2 Å². The fourth-order valence-electron chi connectivity index (χ4n) is 8.26. The molecule has 0 saturated heterocycles. The Labute approximate surface area is 162 Å². The molecule has 4 fully saturated rings. The van der Waals surface area contributed by atoms with Gasteiger partial charge in [-0.25, -0.2) is 0 Å². The van der Waals surface area contributed by atoms with Gasteiger partial charge in [0.05, 0.1) is 12.2 Å². The van der Waals surface area contributed by atoms with Crippen molar-refractivity contribution in [2.45, 2.75) is 89.6 Å². The van der Waals surface area contributed by atoms with Gasteiger partial charge in [-0.3, -0.25) is 0 Å². The van der Waals surface area contributed by atoms with Crippen molar-refractivity contribution in [2.75, 3.05) is 0 Å². The molecule has 4 rings (SSSR count). The minimum absolute atomic E-state index is 0.126. The van der Waals surface area contributed by atoms with Gasteiger partial charge in [0.1, 0.15) is 0 Å². The van der Waals surface area contributed by atoms with Crippen molar-refractivity contribution in [1.82, 2.24) is 0 Å². The van der Waals surface area contributed by atoms with Gasteiger partial charge in [0.2, 0.25) is 0 Å². The second-order valence-corrected chi connectivity index (χ2v) is 11.6. The van der Waals surface area contributed by atoms with E-state index in [2.05, 4.69) is 25.5 Å². The first-order valence-electron chi connectivity index (χ1n) is 10.5. The second-order valence-electron chi connectivity index (χ2n) is 10.2. The van der Waals surface area contributed by atoms with Gasteiger partial charge >= 0.3 is 0 Å². The van der Waals surface area contributed by atoms with Crippen LogP contribution in [0.25, 0.3) is 0 Å². The van der Waals surface area contributed by atoms with Crippen LogP contribution in [0, 0.1) is 40.4 Å². The fourth-order valence-corrected chi connectivity index (χ4v) is 10.1. The standard InChI is InChI=1S/C21H36O2S2/c1-12(22)16-6-7-17-15-5-4-13-10-14(23)11-19(25-24)21(13,3)18(15)8-9-20(16,17)2/h12-19,22-24H,4-11H2,1-3H3/t12?,13?,14-,15-,16+,17-,18-,19?,20+,21-/m0/s1. The first kappa shape index (κ1) is 19.0. The summed E-state index contributed by atoms with van der Waals surface area (Å²) in [6.45, 7) is 7.04. The topological polar surface area (TPSA) is 40.5 Å². The van der Waals surface area contributed by atoms with Crippen LogP contribution in [0.1, 0.15) is 72.1 Å². The normalized spacial score (nSPS) is 56.6. The van der Waals surface area contributed by atoms with E-state index in [0.717, 1.165) is 30.6 Å². The zero-order valence-corrected chi connectivity index (χ0v) is 17.7. The largest absolute Gasteiger partial charge is 0.393 e. The Hall–Kier alpha value is 0.620. The van der Waals surface area contributed by atoms with Crippen LogP contribution in [0.2, 0.25) is 0 Å². The predicted octanol–water partition coefficient (Wildman–Crippen LogP) is 4.94. The van der Waals surface area contributed by atoms with Crippen molar-refractivity contribution in [3.63, 3.8) is 0 Å². The van der Waals surface area contributed by atoms with E-state index >= 15 is 0 Å². The van der Waals surface area contributed by atoms with E-state index in [1.807, 2.05) is 6.92 Å². The SMILES string of the molecule is CC(O)[C@H]1CC[C@H]2[C@@H]3CCC4C[C@H](O)CC(SS)[C@]4(C)[C@H]3CC[C@]12C. The van der Waals surface area contributed by atoms with E-state index in [-0.39, 0.29) is 12.2 Å². The lowest BCUT2D eigenvalue weighted by Gasteiger charge is -2.63. The first-order chi connectivity index (χ1) is 11.8. The van der Waals surface area contributed by atoms with Crippen molar-refractivity contribution in [2.24, 2.45) is 40.4 Å². The lowest BCUT2D eigenvalue weighted by Crippen LogP contribution is -2.58. The first-order valence-corrected chi connectivity index (χ1v) is 12.4. The highest BCUT2D eigenvalue weighted by molar-refractivity contribution is 8.68. The minimum Gasteiger partial charge on any atom is -0.393 e. The third-order valence-electron chi connectivity index (χ3n) is 9.48. The highest BCUT2D eigenvalue weighted by Crippen LogP contribution is 2.68. The summed E-state index contributed by atoms with van der Waals surface area (Å²) in [5.74, 6) is 3.56. The molecule has 0 heterocycles. The predicted molar refractivity (Wildman–Crippen MR) is 109 cm³/mol. The molecule has 4 saturated carbocycles. The second kappa shape index (κ2) is 6.60. The van der Waals surface area contributed by atoms with Gasteiger partial charge in [-0.2, -0.15) is 0 Å². The zero-order chi connectivity index (χ0) is 18.0. The monoisotopic (exact) mass is 384 g/mol. The number of thiol groups is 1. The quantitative estimate of drug-likeness (QED) is 0.466. The van der Waals surface area contributed by atoms with Gasteiger partial charge in [-0.1, -0.05) is 24.6 Å². The van der Waals surface area contributed by atoms with E-state index in [9.17, 15) is 10.2 Å². The Bertz CT molecular complexity index is 502. The van der Waals surface area contributed by atoms with Gasteiger partial charge in [-0.05, 0) is 98.7 Å². The van der Waals surface area contributed by atoms with E-state index in [4.69, 9.17) is 0 Å². The van der Waals surface area contributed by atoms with Crippen LogP contribution < -0.4 is 0 Å². The molecule has 144 valence electrons. The molecular weight excluding hydrogens is 348 g/mol. The molecule has 0 amide bonds. The summed E-state index contributed by atoms with van der Waals surface area (Å²) < 4.78 is 0. The molecule has 0 aromatic rings. The molecule has 2 nitrogen and oxygen atoms in total. The molecule has 0 bridgehead atoms. The minimum atomic E-state index is -0.163. The summed E-state index contributed by atoms with van der Waals surface area (Å²) in [5.41, 5.74) is 0.676. The van der Waals surface area contributed by atoms with Gasteiger partial charge in [0, 0.05) is 5.25 Å². The molecule has 0 aromatic heterocycles. The van der Waals surface area contributed by atoms with Crippen LogP contribution in [0.15, 0.2) is 0 Å². The summed E-state index contributed by atoms with van der Waals surface area (Å²) in [6, 6.07) is 0. The van der Waals surface area contributed by atoms with Crippen LogP contribution in [-0.2, 0) is 0 Å². The molecule has 0 aliphatic heterocycles. The molecule has 4 heteroatoms. The van der Waals surface area contributed by atoms with E-state index in [1.54, 1.807) is 10.8 Å². The summed E-state index contributed by atoms with van der Waals surface area (Å²) in [5, 5.41) is 21.2. The summed E-state index contributed by atoms with van der Waals surface area (Å²) in [7, 11) is 1.71. The maximum absolute atomic E-state index is 10.4. The molecule has 25 heavy (non-hydrogen) atoms. The van der Waals surface area contributed by atoms with Gasteiger partial charge in [-0.15, -0.1) is 11.7 Å². The molecule has 0 spiro atoms. The number of fused-ring (bicyclic) bond motifs is 5. The summed E-state index contributed by atoms with van der Waals surface area (Å²) >= 11 is 4.64. The Morgan fingerprint density at radius 1 is 1.04 bits per heavy atom.